The monoisotopic (exact) mass is 246 g/mol. The summed E-state index contributed by atoms with van der Waals surface area (Å²) in [5, 5.41) is 5.71. The van der Waals surface area contributed by atoms with Crippen molar-refractivity contribution < 1.29 is 9.59 Å². The maximum Gasteiger partial charge on any atom is 0.253 e. The molecule has 2 N–H and O–H groups in total. The zero-order valence-corrected chi connectivity index (χ0v) is 10.7. The topological polar surface area (TPSA) is 58.2 Å². The number of benzene rings is 1. The van der Waals surface area contributed by atoms with Crippen LogP contribution in [0, 0.1) is 5.92 Å². The number of anilines is 1. The van der Waals surface area contributed by atoms with Gasteiger partial charge in [0.2, 0.25) is 5.91 Å². The molecule has 0 atom stereocenters. The number of hydrogen-bond donors (Lipinski definition) is 2. The van der Waals surface area contributed by atoms with Gasteiger partial charge in [0.1, 0.15) is 0 Å². The fourth-order valence-corrected chi connectivity index (χ4v) is 1.56. The van der Waals surface area contributed by atoms with E-state index in [1.54, 1.807) is 18.2 Å². The molecule has 1 aromatic rings. The quantitative estimate of drug-likeness (QED) is 0.855. The van der Waals surface area contributed by atoms with Crippen molar-refractivity contribution in [2.75, 3.05) is 5.32 Å². The molecule has 1 aromatic carbocycles. The molecular formula is C14H18N2O2. The molecule has 1 fully saturated rings. The second kappa shape index (κ2) is 5.21. The number of rotatable bonds is 4. The first kappa shape index (κ1) is 12.6. The van der Waals surface area contributed by atoms with Gasteiger partial charge in [-0.1, -0.05) is 26.0 Å². The standard InChI is InChI=1S/C14H18N2O2/c1-9(2)13(17)16-12-6-4-3-5-11(12)14(18)15-10-7-8-10/h3-6,9-10H,7-8H2,1-2H3,(H,15,18)(H,16,17). The molecule has 0 aromatic heterocycles. The van der Waals surface area contributed by atoms with Crippen molar-refractivity contribution in [1.82, 2.24) is 5.32 Å². The lowest BCUT2D eigenvalue weighted by Gasteiger charge is -2.12. The lowest BCUT2D eigenvalue weighted by Crippen LogP contribution is -2.27. The normalized spacial score (nSPS) is 14.4. The fraction of sp³-hybridized carbons (Fsp3) is 0.429. The Bertz CT molecular complexity index is 465. The molecule has 0 aliphatic heterocycles. The summed E-state index contributed by atoms with van der Waals surface area (Å²) in [5.74, 6) is -0.302. The highest BCUT2D eigenvalue weighted by Gasteiger charge is 2.25. The summed E-state index contributed by atoms with van der Waals surface area (Å²) < 4.78 is 0. The smallest absolute Gasteiger partial charge is 0.253 e. The van der Waals surface area contributed by atoms with Crippen LogP contribution in [0.3, 0.4) is 0 Å². The molecule has 0 radical (unpaired) electrons. The van der Waals surface area contributed by atoms with Crippen molar-refractivity contribution in [2.45, 2.75) is 32.7 Å². The third-order valence-corrected chi connectivity index (χ3v) is 2.87. The Balaban J connectivity index is 2.13. The second-order valence-corrected chi connectivity index (χ2v) is 4.94. The van der Waals surface area contributed by atoms with Crippen LogP contribution in [0.5, 0.6) is 0 Å². The van der Waals surface area contributed by atoms with Crippen LogP contribution in [0.2, 0.25) is 0 Å². The van der Waals surface area contributed by atoms with Crippen molar-refractivity contribution in [1.29, 1.82) is 0 Å². The molecule has 4 nitrogen and oxygen atoms in total. The van der Waals surface area contributed by atoms with E-state index in [9.17, 15) is 9.59 Å². The molecule has 1 aliphatic rings. The number of hydrogen-bond acceptors (Lipinski definition) is 2. The molecule has 1 saturated carbocycles. The molecule has 0 spiro atoms. The van der Waals surface area contributed by atoms with Gasteiger partial charge in [-0.2, -0.15) is 0 Å². The summed E-state index contributed by atoms with van der Waals surface area (Å²) >= 11 is 0. The van der Waals surface area contributed by atoms with Crippen LogP contribution in [0.1, 0.15) is 37.0 Å². The number of carbonyl (C=O) groups is 2. The minimum absolute atomic E-state index is 0.0818. The van der Waals surface area contributed by atoms with Crippen LogP contribution < -0.4 is 10.6 Å². The van der Waals surface area contributed by atoms with E-state index < -0.39 is 0 Å². The van der Waals surface area contributed by atoms with E-state index in [4.69, 9.17) is 0 Å². The first-order chi connectivity index (χ1) is 8.58. The van der Waals surface area contributed by atoms with Gasteiger partial charge in [-0.05, 0) is 25.0 Å². The Hall–Kier alpha value is -1.84. The zero-order chi connectivity index (χ0) is 13.1. The lowest BCUT2D eigenvalue weighted by molar-refractivity contribution is -0.118. The molecule has 18 heavy (non-hydrogen) atoms. The van der Waals surface area contributed by atoms with E-state index in [0.717, 1.165) is 12.8 Å². The summed E-state index contributed by atoms with van der Waals surface area (Å²) in [4.78, 5) is 23.7. The Morgan fingerprint density at radius 3 is 2.50 bits per heavy atom. The third-order valence-electron chi connectivity index (χ3n) is 2.87. The Kier molecular flexibility index (Phi) is 3.65. The van der Waals surface area contributed by atoms with Gasteiger partial charge < -0.3 is 10.6 Å². The van der Waals surface area contributed by atoms with Crippen LogP contribution in [0.25, 0.3) is 0 Å². The van der Waals surface area contributed by atoms with Crippen LogP contribution in [-0.2, 0) is 4.79 Å². The van der Waals surface area contributed by atoms with Gasteiger partial charge in [-0.25, -0.2) is 0 Å². The summed E-state index contributed by atoms with van der Waals surface area (Å²) in [7, 11) is 0. The van der Waals surface area contributed by atoms with Crippen LogP contribution >= 0.6 is 0 Å². The molecule has 0 unspecified atom stereocenters. The Morgan fingerprint density at radius 2 is 1.89 bits per heavy atom. The molecule has 1 aliphatic carbocycles. The first-order valence-corrected chi connectivity index (χ1v) is 6.28. The molecule has 2 amide bonds. The highest BCUT2D eigenvalue weighted by atomic mass is 16.2. The SMILES string of the molecule is CC(C)C(=O)Nc1ccccc1C(=O)NC1CC1. The minimum atomic E-state index is -0.114. The number of carbonyl (C=O) groups excluding carboxylic acids is 2. The van der Waals surface area contributed by atoms with E-state index in [-0.39, 0.29) is 17.7 Å². The number of amides is 2. The van der Waals surface area contributed by atoms with Crippen LogP contribution in [-0.4, -0.2) is 17.9 Å². The molecule has 96 valence electrons. The van der Waals surface area contributed by atoms with Gasteiger partial charge in [0.05, 0.1) is 11.3 Å². The maximum absolute atomic E-state index is 12.0. The minimum Gasteiger partial charge on any atom is -0.349 e. The van der Waals surface area contributed by atoms with Gasteiger partial charge in [-0.3, -0.25) is 9.59 Å². The lowest BCUT2D eigenvalue weighted by atomic mass is 10.1. The Labute approximate surface area is 107 Å². The molecule has 0 bridgehead atoms. The van der Waals surface area contributed by atoms with Crippen molar-refractivity contribution in [3.63, 3.8) is 0 Å². The molecule has 0 heterocycles. The van der Waals surface area contributed by atoms with Gasteiger partial charge in [0.15, 0.2) is 0 Å². The first-order valence-electron chi connectivity index (χ1n) is 6.28. The largest absolute Gasteiger partial charge is 0.349 e. The average molecular weight is 246 g/mol. The van der Waals surface area contributed by atoms with Gasteiger partial charge >= 0.3 is 0 Å². The van der Waals surface area contributed by atoms with E-state index in [1.807, 2.05) is 19.9 Å². The van der Waals surface area contributed by atoms with Crippen LogP contribution in [0.4, 0.5) is 5.69 Å². The highest BCUT2D eigenvalue weighted by Crippen LogP contribution is 2.21. The number of nitrogens with one attached hydrogen (secondary N) is 2. The Morgan fingerprint density at radius 1 is 1.22 bits per heavy atom. The molecule has 0 saturated heterocycles. The van der Waals surface area contributed by atoms with Crippen molar-refractivity contribution in [2.24, 2.45) is 5.92 Å². The molecule has 4 heteroatoms. The third kappa shape index (κ3) is 3.09. The fourth-order valence-electron chi connectivity index (χ4n) is 1.56. The van der Waals surface area contributed by atoms with Crippen molar-refractivity contribution in [3.05, 3.63) is 29.8 Å². The summed E-state index contributed by atoms with van der Waals surface area (Å²) in [6, 6.07) is 7.40. The highest BCUT2D eigenvalue weighted by molar-refractivity contribution is 6.04. The van der Waals surface area contributed by atoms with Crippen molar-refractivity contribution >= 4 is 17.5 Å². The second-order valence-electron chi connectivity index (χ2n) is 4.94. The van der Waals surface area contributed by atoms with Gasteiger partial charge in [0, 0.05) is 12.0 Å². The van der Waals surface area contributed by atoms with E-state index in [2.05, 4.69) is 10.6 Å². The predicted molar refractivity (Wildman–Crippen MR) is 70.4 cm³/mol. The summed E-state index contributed by atoms with van der Waals surface area (Å²) in [5.41, 5.74) is 1.10. The average Bonchev–Trinajstić information content (AvgIpc) is 3.13. The van der Waals surface area contributed by atoms with Gasteiger partial charge in [0.25, 0.3) is 5.91 Å². The van der Waals surface area contributed by atoms with E-state index in [1.165, 1.54) is 0 Å². The molecular weight excluding hydrogens is 228 g/mol. The summed E-state index contributed by atoms with van der Waals surface area (Å²) in [6.07, 6.45) is 2.10. The van der Waals surface area contributed by atoms with Gasteiger partial charge in [-0.15, -0.1) is 0 Å². The molecule has 2 rings (SSSR count). The number of para-hydroxylation sites is 1. The zero-order valence-electron chi connectivity index (χ0n) is 10.7. The predicted octanol–water partition coefficient (Wildman–Crippen LogP) is 2.17. The van der Waals surface area contributed by atoms with Crippen LogP contribution in [0.15, 0.2) is 24.3 Å². The van der Waals surface area contributed by atoms with Crippen molar-refractivity contribution in [3.8, 4) is 0 Å². The maximum atomic E-state index is 12.0. The summed E-state index contributed by atoms with van der Waals surface area (Å²) in [6.45, 7) is 3.64. The van der Waals surface area contributed by atoms with E-state index >= 15 is 0 Å². The van der Waals surface area contributed by atoms with E-state index in [0.29, 0.717) is 17.3 Å².